The average Bonchev–Trinajstić information content (AvgIpc) is 3.30. The quantitative estimate of drug-likeness (QED) is 0.139. The third kappa shape index (κ3) is 6.43. The van der Waals surface area contributed by atoms with Crippen LogP contribution < -0.4 is 4.90 Å². The van der Waals surface area contributed by atoms with Crippen molar-refractivity contribution in [2.45, 2.75) is 29.6 Å². The highest BCUT2D eigenvalue weighted by Gasteiger charge is 2.32. The molecular weight excluding hydrogens is 738 g/mol. The molecule has 0 saturated carbocycles. The van der Waals surface area contributed by atoms with Crippen LogP contribution in [-0.2, 0) is 0 Å². The van der Waals surface area contributed by atoms with E-state index in [0.29, 0.717) is 5.69 Å². The minimum absolute atomic E-state index is 0.276. The molecule has 9 aromatic carbocycles. The molecule has 0 amide bonds. The molecule has 0 aromatic heterocycles. The summed E-state index contributed by atoms with van der Waals surface area (Å²) in [4.78, 5) is 6.23. The Morgan fingerprint density at radius 2 is 1.02 bits per heavy atom. The lowest BCUT2D eigenvalue weighted by Gasteiger charge is -2.41. The average molecular weight is 782 g/mol. The molecule has 0 spiro atoms. The highest BCUT2D eigenvalue weighted by atomic mass is 32.3. The lowest BCUT2D eigenvalue weighted by molar-refractivity contribution is 0.629. The number of halogens is 1. The van der Waals surface area contributed by atoms with Gasteiger partial charge in [0, 0.05) is 20.9 Å². The topological polar surface area (TPSA) is 3.24 Å². The lowest BCUT2D eigenvalue weighted by Crippen LogP contribution is -2.12. The van der Waals surface area contributed by atoms with Crippen molar-refractivity contribution in [3.63, 3.8) is 0 Å². The number of nitrogens with zero attached hydrogens (tertiary/aromatic N) is 1. The molecule has 0 saturated heterocycles. The van der Waals surface area contributed by atoms with Crippen molar-refractivity contribution >= 4 is 59.4 Å². The van der Waals surface area contributed by atoms with Gasteiger partial charge in [0.1, 0.15) is 5.82 Å². The van der Waals surface area contributed by atoms with E-state index in [9.17, 15) is 0 Å². The van der Waals surface area contributed by atoms with Gasteiger partial charge in [-0.25, -0.2) is 4.39 Å². The minimum Gasteiger partial charge on any atom is -0.307 e. The summed E-state index contributed by atoms with van der Waals surface area (Å²) in [5.41, 5.74) is 7.92. The largest absolute Gasteiger partial charge is 0.307 e. The van der Waals surface area contributed by atoms with Crippen LogP contribution in [0.15, 0.2) is 221 Å². The van der Waals surface area contributed by atoms with E-state index < -0.39 is 10.0 Å². The van der Waals surface area contributed by atoms with Crippen LogP contribution in [0.2, 0.25) is 0 Å². The summed E-state index contributed by atoms with van der Waals surface area (Å²) in [5.74, 6) is -0.276. The second kappa shape index (κ2) is 15.2. The number of para-hydroxylation sites is 1. The number of hydrogen-bond acceptors (Lipinski definition) is 1. The summed E-state index contributed by atoms with van der Waals surface area (Å²) in [7, 11) is -1.75. The predicted molar refractivity (Wildman–Crippen MR) is 252 cm³/mol. The van der Waals surface area contributed by atoms with E-state index in [1.54, 1.807) is 6.07 Å². The van der Waals surface area contributed by atoms with E-state index in [2.05, 4.69) is 158 Å². The highest BCUT2D eigenvalue weighted by Crippen LogP contribution is 2.69. The SMILES string of the molecule is Cc1cc(-c2ccccc2)ccc1S(C)(C1=CCCC=C1)c1cc2c3ccccc3c(N(c3ccccc3)c3ccc(-c4ccccc4)cc3F)cc2c2ccccc12. The number of allylic oxidation sites excluding steroid dienone is 3. The van der Waals surface area contributed by atoms with E-state index in [-0.39, 0.29) is 5.82 Å². The maximum absolute atomic E-state index is 16.8. The number of hydrogen-bond donors (Lipinski definition) is 0. The summed E-state index contributed by atoms with van der Waals surface area (Å²) in [6.07, 6.45) is 11.8. The van der Waals surface area contributed by atoms with Gasteiger partial charge in [-0.3, -0.25) is 0 Å². The Labute approximate surface area is 347 Å². The molecule has 1 unspecified atom stereocenters. The second-order valence-corrected chi connectivity index (χ2v) is 18.7. The second-order valence-electron chi connectivity index (χ2n) is 15.5. The molecule has 3 heteroatoms. The van der Waals surface area contributed by atoms with Gasteiger partial charge in [0.05, 0.1) is 11.4 Å². The van der Waals surface area contributed by atoms with Crippen LogP contribution in [-0.4, -0.2) is 6.26 Å². The van der Waals surface area contributed by atoms with Crippen molar-refractivity contribution in [1.82, 2.24) is 0 Å². The zero-order valence-corrected chi connectivity index (χ0v) is 34.1. The zero-order chi connectivity index (χ0) is 39.9. The summed E-state index contributed by atoms with van der Waals surface area (Å²) >= 11 is 0. The van der Waals surface area contributed by atoms with Crippen LogP contribution in [0.3, 0.4) is 0 Å². The Morgan fingerprint density at radius 3 is 1.64 bits per heavy atom. The number of aryl methyl sites for hydroxylation is 1. The van der Waals surface area contributed by atoms with Crippen LogP contribution in [0, 0.1) is 12.7 Å². The normalized spacial score (nSPS) is 14.3. The van der Waals surface area contributed by atoms with E-state index >= 15 is 4.39 Å². The van der Waals surface area contributed by atoms with Gasteiger partial charge in [0.15, 0.2) is 0 Å². The number of rotatable bonds is 8. The van der Waals surface area contributed by atoms with E-state index in [1.807, 2.05) is 60.7 Å². The third-order valence-electron chi connectivity index (χ3n) is 12.0. The van der Waals surface area contributed by atoms with Gasteiger partial charge < -0.3 is 4.90 Å². The first-order valence-corrected chi connectivity index (χ1v) is 22.4. The molecule has 10 rings (SSSR count). The maximum Gasteiger partial charge on any atom is 0.147 e. The van der Waals surface area contributed by atoms with Crippen LogP contribution in [0.25, 0.3) is 54.6 Å². The van der Waals surface area contributed by atoms with Crippen molar-refractivity contribution in [2.75, 3.05) is 11.2 Å². The standard InChI is InChI=1S/C56H44FNS/c1-39-35-42(40-19-7-3-8-20-40)32-34-55(39)59(2,45-25-13-6-14-26-45)56-38-51-46-27-15-17-29-48(46)54(37-50(51)47-28-16-18-30-49(47)56)58(44-23-11-5-12-24-44)53-33-31-43(36-52(53)57)41-21-9-4-10-22-41/h3-5,7-13,15-38H,6,14H2,1-2H3. The maximum atomic E-state index is 16.8. The van der Waals surface area contributed by atoms with Gasteiger partial charge in [0.25, 0.3) is 0 Å². The van der Waals surface area contributed by atoms with Crippen molar-refractivity contribution in [2.24, 2.45) is 0 Å². The van der Waals surface area contributed by atoms with Gasteiger partial charge in [-0.05, 0) is 128 Å². The van der Waals surface area contributed by atoms with Crippen molar-refractivity contribution < 1.29 is 4.39 Å². The van der Waals surface area contributed by atoms with Gasteiger partial charge in [-0.2, -0.15) is 10.0 Å². The number of anilines is 3. The first-order valence-electron chi connectivity index (χ1n) is 20.4. The fourth-order valence-electron chi connectivity index (χ4n) is 9.09. The van der Waals surface area contributed by atoms with Crippen molar-refractivity contribution in [3.8, 4) is 22.3 Å². The van der Waals surface area contributed by atoms with Gasteiger partial charge in [-0.15, -0.1) is 0 Å². The predicted octanol–water partition coefficient (Wildman–Crippen LogP) is 16.5. The Bertz CT molecular complexity index is 3080. The summed E-state index contributed by atoms with van der Waals surface area (Å²) < 4.78 is 16.8. The molecule has 0 fully saturated rings. The van der Waals surface area contributed by atoms with E-state index in [1.165, 1.54) is 47.5 Å². The fraction of sp³-hybridized carbons (Fsp3) is 0.0714. The van der Waals surface area contributed by atoms with Gasteiger partial charge in [-0.1, -0.05) is 164 Å². The monoisotopic (exact) mass is 781 g/mol. The Hall–Kier alpha value is -6.68. The molecule has 1 atom stereocenters. The summed E-state index contributed by atoms with van der Waals surface area (Å²) in [5, 5.41) is 6.98. The van der Waals surface area contributed by atoms with Crippen LogP contribution in [0.1, 0.15) is 18.4 Å². The van der Waals surface area contributed by atoms with Crippen LogP contribution >= 0.6 is 10.0 Å². The van der Waals surface area contributed by atoms with Crippen molar-refractivity contribution in [3.05, 3.63) is 223 Å². The smallest absolute Gasteiger partial charge is 0.147 e. The lowest BCUT2D eigenvalue weighted by atomic mass is 9.95. The number of fused-ring (bicyclic) bond motifs is 5. The molecule has 1 aliphatic rings. The molecule has 9 aromatic rings. The molecule has 0 bridgehead atoms. The molecule has 0 aliphatic heterocycles. The van der Waals surface area contributed by atoms with Crippen LogP contribution in [0.5, 0.6) is 0 Å². The summed E-state index contributed by atoms with van der Waals surface area (Å²) in [6.45, 7) is 2.29. The first kappa shape index (κ1) is 36.6. The Morgan fingerprint density at radius 1 is 0.458 bits per heavy atom. The highest BCUT2D eigenvalue weighted by molar-refractivity contribution is 8.36. The molecule has 59 heavy (non-hydrogen) atoms. The molecule has 1 nitrogen and oxygen atoms in total. The molecule has 0 radical (unpaired) electrons. The molecular formula is C56H44FNS. The fourth-order valence-corrected chi connectivity index (χ4v) is 12.7. The van der Waals surface area contributed by atoms with E-state index in [4.69, 9.17) is 0 Å². The van der Waals surface area contributed by atoms with E-state index in [0.717, 1.165) is 51.5 Å². The van der Waals surface area contributed by atoms with Gasteiger partial charge >= 0.3 is 0 Å². The Kier molecular flexibility index (Phi) is 9.47. The molecule has 0 N–H and O–H groups in total. The molecule has 286 valence electrons. The Balaban J connectivity index is 1.24. The molecule has 0 heterocycles. The third-order valence-corrected chi connectivity index (χ3v) is 15.8. The van der Waals surface area contributed by atoms with Crippen LogP contribution in [0.4, 0.5) is 21.5 Å². The van der Waals surface area contributed by atoms with Gasteiger partial charge in [0.2, 0.25) is 0 Å². The number of benzene rings is 9. The van der Waals surface area contributed by atoms with Crippen molar-refractivity contribution in [1.29, 1.82) is 0 Å². The summed E-state index contributed by atoms with van der Waals surface area (Å²) in [6, 6.07) is 65.9. The first-order chi connectivity index (χ1) is 29.0. The zero-order valence-electron chi connectivity index (χ0n) is 33.3. The minimum atomic E-state index is -1.75. The molecule has 1 aliphatic carbocycles.